The molecule has 6 nitrogen and oxygen atoms in total. The molecule has 0 saturated carbocycles. The van der Waals surface area contributed by atoms with Crippen LogP contribution in [0.15, 0.2) is 114 Å². The second-order valence-electron chi connectivity index (χ2n) is 8.62. The number of thioether (sulfide) groups is 1. The van der Waals surface area contributed by atoms with Gasteiger partial charge in [0.05, 0.1) is 21.0 Å². The first kappa shape index (κ1) is 29.0. The average molecular weight is 591 g/mol. The van der Waals surface area contributed by atoms with Gasteiger partial charge in [-0.15, -0.1) is 11.8 Å². The van der Waals surface area contributed by atoms with Crippen molar-refractivity contribution < 1.29 is 14.4 Å². The summed E-state index contributed by atoms with van der Waals surface area (Å²) in [5.74, 6) is -1.14. The van der Waals surface area contributed by atoms with Crippen LogP contribution < -0.4 is 16.0 Å². The molecule has 0 aromatic heterocycles. The predicted octanol–water partition coefficient (Wildman–Crippen LogP) is 7.52. The molecule has 0 saturated heterocycles. The standard InChI is InChI=1S/C31H25Cl2N3O3S/c1-20(29(37)35-26-17-9-16-25(32)28(26)33)40-24-15-8-14-23(19-24)34-31(39)27(18-21-10-4-2-5-11-21)36-30(38)22-12-6-3-7-13-22/h2-20H,1H3,(H,34,39)(H,35,37)(H,36,38)/b27-18-. The number of amides is 3. The number of halogens is 2. The molecule has 9 heteroatoms. The minimum Gasteiger partial charge on any atom is -0.324 e. The van der Waals surface area contributed by atoms with Crippen molar-refractivity contribution in [1.29, 1.82) is 0 Å². The molecule has 202 valence electrons. The van der Waals surface area contributed by atoms with E-state index in [2.05, 4.69) is 16.0 Å². The highest BCUT2D eigenvalue weighted by Crippen LogP contribution is 2.31. The van der Waals surface area contributed by atoms with Gasteiger partial charge in [-0.2, -0.15) is 0 Å². The Balaban J connectivity index is 1.46. The van der Waals surface area contributed by atoms with Gasteiger partial charge in [-0.3, -0.25) is 14.4 Å². The molecule has 0 heterocycles. The van der Waals surface area contributed by atoms with Crippen molar-refractivity contribution in [1.82, 2.24) is 5.32 Å². The van der Waals surface area contributed by atoms with Crippen molar-refractivity contribution in [2.75, 3.05) is 10.6 Å². The number of benzene rings is 4. The Morgan fingerprint density at radius 3 is 2.20 bits per heavy atom. The molecule has 4 aromatic rings. The van der Waals surface area contributed by atoms with Crippen molar-refractivity contribution in [2.24, 2.45) is 0 Å². The highest BCUT2D eigenvalue weighted by Gasteiger charge is 2.18. The normalized spacial score (nSPS) is 11.8. The third-order valence-corrected chi connectivity index (χ3v) is 7.54. The second kappa shape index (κ2) is 13.8. The lowest BCUT2D eigenvalue weighted by atomic mass is 10.1. The van der Waals surface area contributed by atoms with Crippen LogP contribution in [0.3, 0.4) is 0 Å². The molecule has 0 radical (unpaired) electrons. The maximum absolute atomic E-state index is 13.3. The van der Waals surface area contributed by atoms with Crippen LogP contribution in [0.25, 0.3) is 6.08 Å². The van der Waals surface area contributed by atoms with Crippen molar-refractivity contribution in [3.63, 3.8) is 0 Å². The first-order valence-corrected chi connectivity index (χ1v) is 13.9. The van der Waals surface area contributed by atoms with Crippen molar-refractivity contribution in [3.8, 4) is 0 Å². The van der Waals surface area contributed by atoms with E-state index in [0.29, 0.717) is 22.0 Å². The number of carbonyl (C=O) groups excluding carboxylic acids is 3. The zero-order valence-electron chi connectivity index (χ0n) is 21.4. The molecule has 0 aliphatic rings. The maximum Gasteiger partial charge on any atom is 0.272 e. The largest absolute Gasteiger partial charge is 0.324 e. The van der Waals surface area contributed by atoms with E-state index in [1.54, 1.807) is 73.7 Å². The lowest BCUT2D eigenvalue weighted by Crippen LogP contribution is -2.30. The summed E-state index contributed by atoms with van der Waals surface area (Å²) in [5.41, 5.74) is 2.21. The van der Waals surface area contributed by atoms with Gasteiger partial charge in [0.2, 0.25) is 5.91 Å². The zero-order chi connectivity index (χ0) is 28.5. The summed E-state index contributed by atoms with van der Waals surface area (Å²) in [7, 11) is 0. The van der Waals surface area contributed by atoms with Gasteiger partial charge in [-0.05, 0) is 61.0 Å². The van der Waals surface area contributed by atoms with E-state index in [0.717, 1.165) is 10.5 Å². The Kier molecular flexibility index (Phi) is 10.0. The van der Waals surface area contributed by atoms with Gasteiger partial charge in [0.15, 0.2) is 0 Å². The smallest absolute Gasteiger partial charge is 0.272 e. The van der Waals surface area contributed by atoms with E-state index in [1.807, 2.05) is 42.5 Å². The number of nitrogens with one attached hydrogen (secondary N) is 3. The molecule has 0 spiro atoms. The average Bonchev–Trinajstić information content (AvgIpc) is 2.96. The lowest BCUT2D eigenvalue weighted by Gasteiger charge is -2.15. The predicted molar refractivity (Wildman–Crippen MR) is 164 cm³/mol. The lowest BCUT2D eigenvalue weighted by molar-refractivity contribution is -0.115. The molecule has 3 N–H and O–H groups in total. The fourth-order valence-electron chi connectivity index (χ4n) is 3.60. The maximum atomic E-state index is 13.3. The van der Waals surface area contributed by atoms with E-state index in [9.17, 15) is 14.4 Å². The molecule has 0 aliphatic carbocycles. The van der Waals surface area contributed by atoms with Crippen LogP contribution >= 0.6 is 35.0 Å². The molecule has 0 bridgehead atoms. The fraction of sp³-hybridized carbons (Fsp3) is 0.0645. The first-order valence-electron chi connectivity index (χ1n) is 12.3. The molecule has 1 unspecified atom stereocenters. The SMILES string of the molecule is CC(Sc1cccc(NC(=O)/C(=C/c2ccccc2)NC(=O)c2ccccc2)c1)C(=O)Nc1cccc(Cl)c1Cl. The molecule has 40 heavy (non-hydrogen) atoms. The molecule has 1 atom stereocenters. The highest BCUT2D eigenvalue weighted by atomic mass is 35.5. The fourth-order valence-corrected chi connectivity index (χ4v) is 4.87. The summed E-state index contributed by atoms with van der Waals surface area (Å²) in [6.45, 7) is 1.77. The monoisotopic (exact) mass is 589 g/mol. The van der Waals surface area contributed by atoms with Gasteiger partial charge in [0, 0.05) is 16.1 Å². The second-order valence-corrected chi connectivity index (χ2v) is 10.8. The number of hydrogen-bond donors (Lipinski definition) is 3. The number of anilines is 2. The summed E-state index contributed by atoms with van der Waals surface area (Å²) < 4.78 is 0. The number of carbonyl (C=O) groups is 3. The Bertz CT molecular complexity index is 1550. The first-order chi connectivity index (χ1) is 19.3. The van der Waals surface area contributed by atoms with Crippen molar-refractivity contribution >= 4 is 70.1 Å². The van der Waals surface area contributed by atoms with Crippen LogP contribution in [-0.4, -0.2) is 23.0 Å². The van der Waals surface area contributed by atoms with Gasteiger partial charge in [0.1, 0.15) is 5.70 Å². The summed E-state index contributed by atoms with van der Waals surface area (Å²) in [6.07, 6.45) is 1.61. The van der Waals surface area contributed by atoms with E-state index in [4.69, 9.17) is 23.2 Å². The van der Waals surface area contributed by atoms with E-state index >= 15 is 0 Å². The topological polar surface area (TPSA) is 87.3 Å². The summed E-state index contributed by atoms with van der Waals surface area (Å²) in [5, 5.41) is 8.52. The van der Waals surface area contributed by atoms with E-state index in [-0.39, 0.29) is 16.6 Å². The molecule has 4 aromatic carbocycles. The van der Waals surface area contributed by atoms with Crippen LogP contribution in [0, 0.1) is 0 Å². The molecular weight excluding hydrogens is 565 g/mol. The third kappa shape index (κ3) is 7.99. The zero-order valence-corrected chi connectivity index (χ0v) is 23.7. The Morgan fingerprint density at radius 1 is 0.800 bits per heavy atom. The molecule has 0 fully saturated rings. The molecule has 4 rings (SSSR count). The highest BCUT2D eigenvalue weighted by molar-refractivity contribution is 8.00. The Hall–Kier alpha value is -4.04. The van der Waals surface area contributed by atoms with Crippen LogP contribution in [0.5, 0.6) is 0 Å². The quantitative estimate of drug-likeness (QED) is 0.139. The van der Waals surface area contributed by atoms with Crippen LogP contribution in [0.4, 0.5) is 11.4 Å². The Labute approximate surface area is 246 Å². The van der Waals surface area contributed by atoms with Crippen LogP contribution in [-0.2, 0) is 9.59 Å². The Morgan fingerprint density at radius 2 is 1.48 bits per heavy atom. The minimum atomic E-state index is -0.489. The van der Waals surface area contributed by atoms with E-state index in [1.165, 1.54) is 11.8 Å². The number of hydrogen-bond acceptors (Lipinski definition) is 4. The molecule has 0 aliphatic heterocycles. The molecule has 3 amide bonds. The van der Waals surface area contributed by atoms with Crippen LogP contribution in [0.1, 0.15) is 22.8 Å². The number of rotatable bonds is 9. The van der Waals surface area contributed by atoms with Gasteiger partial charge in [-0.25, -0.2) is 0 Å². The summed E-state index contributed by atoms with van der Waals surface area (Å²) in [4.78, 5) is 39.7. The van der Waals surface area contributed by atoms with Gasteiger partial charge >= 0.3 is 0 Å². The van der Waals surface area contributed by atoms with E-state index < -0.39 is 17.1 Å². The summed E-state index contributed by atoms with van der Waals surface area (Å²) >= 11 is 13.5. The van der Waals surface area contributed by atoms with Crippen molar-refractivity contribution in [3.05, 3.63) is 130 Å². The van der Waals surface area contributed by atoms with Crippen molar-refractivity contribution in [2.45, 2.75) is 17.1 Å². The summed E-state index contributed by atoms with van der Waals surface area (Å²) in [6, 6.07) is 30.0. The third-order valence-electron chi connectivity index (χ3n) is 5.62. The van der Waals surface area contributed by atoms with Crippen LogP contribution in [0.2, 0.25) is 10.0 Å². The minimum absolute atomic E-state index is 0.0873. The van der Waals surface area contributed by atoms with Gasteiger partial charge in [0.25, 0.3) is 11.8 Å². The van der Waals surface area contributed by atoms with Gasteiger partial charge < -0.3 is 16.0 Å². The molecular formula is C31H25Cl2N3O3S. The van der Waals surface area contributed by atoms with Gasteiger partial charge in [-0.1, -0.05) is 83.9 Å².